The molecule has 3 N–H and O–H groups in total. The smallest absolute Gasteiger partial charge is 0.227 e. The molecule has 1 saturated heterocycles. The molecule has 20 heavy (non-hydrogen) atoms. The summed E-state index contributed by atoms with van der Waals surface area (Å²) in [6.45, 7) is 1.14. The first-order valence-electron chi connectivity index (χ1n) is 6.60. The minimum absolute atomic E-state index is 0.0213. The summed E-state index contributed by atoms with van der Waals surface area (Å²) in [6, 6.07) is 5.91. The summed E-state index contributed by atoms with van der Waals surface area (Å²) in [5, 5.41) is 11.7. The molecule has 0 radical (unpaired) electrons. The first-order valence-corrected chi connectivity index (χ1v) is 6.60. The lowest BCUT2D eigenvalue weighted by Gasteiger charge is -2.32. The highest BCUT2D eigenvalue weighted by molar-refractivity contribution is 5.84. The Morgan fingerprint density at radius 2 is 2.15 bits per heavy atom. The number of halogens is 1. The van der Waals surface area contributed by atoms with Gasteiger partial charge in [0.15, 0.2) is 0 Å². The molecule has 0 aromatic heterocycles. The van der Waals surface area contributed by atoms with Gasteiger partial charge < -0.3 is 15.8 Å². The Bertz CT molecular complexity index is 502. The zero-order valence-corrected chi connectivity index (χ0v) is 11.1. The van der Waals surface area contributed by atoms with Crippen molar-refractivity contribution in [3.05, 3.63) is 35.6 Å². The molecule has 1 aromatic carbocycles. The highest BCUT2D eigenvalue weighted by atomic mass is 19.1. The molecule has 1 fully saturated rings. The Labute approximate surface area is 116 Å². The van der Waals surface area contributed by atoms with E-state index in [0.29, 0.717) is 13.1 Å². The van der Waals surface area contributed by atoms with Crippen molar-refractivity contribution >= 4 is 11.7 Å². The standard InChI is InChI=1S/C14H18FN3O2/c15-12-5-3-10(4-6-12)8-13(19)18-7-1-2-11(9-18)14(16)17-20/h3-6,11,20H,1-2,7-9H2,(H2,16,17). The molecule has 1 aliphatic heterocycles. The van der Waals surface area contributed by atoms with Crippen LogP contribution in [0.1, 0.15) is 18.4 Å². The van der Waals surface area contributed by atoms with Gasteiger partial charge in [-0.1, -0.05) is 17.3 Å². The molecule has 0 spiro atoms. The molecule has 2 rings (SSSR count). The van der Waals surface area contributed by atoms with Crippen molar-refractivity contribution in [2.45, 2.75) is 19.3 Å². The number of hydrogen-bond donors (Lipinski definition) is 2. The van der Waals surface area contributed by atoms with Crippen molar-refractivity contribution in [3.8, 4) is 0 Å². The van der Waals surface area contributed by atoms with Gasteiger partial charge >= 0.3 is 0 Å². The largest absolute Gasteiger partial charge is 0.409 e. The fourth-order valence-corrected chi connectivity index (χ4v) is 2.42. The monoisotopic (exact) mass is 279 g/mol. The number of nitrogens with zero attached hydrogens (tertiary/aromatic N) is 2. The van der Waals surface area contributed by atoms with Crippen LogP contribution >= 0.6 is 0 Å². The summed E-state index contributed by atoms with van der Waals surface area (Å²) < 4.78 is 12.8. The molecule has 1 atom stereocenters. The number of benzene rings is 1. The number of piperidine rings is 1. The number of likely N-dealkylation sites (tertiary alicyclic amines) is 1. The normalized spacial score (nSPS) is 19.9. The molecule has 6 heteroatoms. The number of carbonyl (C=O) groups is 1. The van der Waals surface area contributed by atoms with Gasteiger partial charge in [0.25, 0.3) is 0 Å². The van der Waals surface area contributed by atoms with Crippen molar-refractivity contribution in [2.75, 3.05) is 13.1 Å². The highest BCUT2D eigenvalue weighted by Crippen LogP contribution is 2.17. The van der Waals surface area contributed by atoms with E-state index in [9.17, 15) is 9.18 Å². The maximum Gasteiger partial charge on any atom is 0.227 e. The molecule has 1 heterocycles. The second-order valence-electron chi connectivity index (χ2n) is 5.01. The van der Waals surface area contributed by atoms with Gasteiger partial charge in [-0.25, -0.2) is 4.39 Å². The number of rotatable bonds is 3. The second kappa shape index (κ2) is 6.36. The van der Waals surface area contributed by atoms with Gasteiger partial charge in [-0.05, 0) is 30.5 Å². The molecule has 1 aliphatic rings. The number of amides is 1. The Hall–Kier alpha value is -2.11. The molecule has 0 aliphatic carbocycles. The van der Waals surface area contributed by atoms with E-state index >= 15 is 0 Å². The fraction of sp³-hybridized carbons (Fsp3) is 0.429. The number of oxime groups is 1. The Morgan fingerprint density at radius 1 is 1.45 bits per heavy atom. The van der Waals surface area contributed by atoms with Crippen LogP contribution in [-0.2, 0) is 11.2 Å². The zero-order valence-electron chi connectivity index (χ0n) is 11.1. The third kappa shape index (κ3) is 3.46. The van der Waals surface area contributed by atoms with E-state index in [1.165, 1.54) is 12.1 Å². The van der Waals surface area contributed by atoms with Gasteiger partial charge in [-0.2, -0.15) is 0 Å². The van der Waals surface area contributed by atoms with Crippen molar-refractivity contribution in [2.24, 2.45) is 16.8 Å². The van der Waals surface area contributed by atoms with E-state index in [0.717, 1.165) is 18.4 Å². The van der Waals surface area contributed by atoms with Crippen LogP contribution in [0, 0.1) is 11.7 Å². The average Bonchev–Trinajstić information content (AvgIpc) is 2.49. The molecule has 5 nitrogen and oxygen atoms in total. The lowest BCUT2D eigenvalue weighted by molar-refractivity contribution is -0.131. The molecule has 1 unspecified atom stereocenters. The molecule has 1 amide bonds. The lowest BCUT2D eigenvalue weighted by atomic mass is 9.96. The molecular formula is C14H18FN3O2. The summed E-state index contributed by atoms with van der Waals surface area (Å²) in [7, 11) is 0. The predicted molar refractivity (Wildman–Crippen MR) is 72.8 cm³/mol. The van der Waals surface area contributed by atoms with E-state index in [4.69, 9.17) is 10.9 Å². The minimum atomic E-state index is -0.314. The van der Waals surface area contributed by atoms with Crippen LogP contribution in [0.2, 0.25) is 0 Å². The summed E-state index contributed by atoms with van der Waals surface area (Å²) in [6.07, 6.45) is 1.88. The first-order chi connectivity index (χ1) is 9.60. The lowest BCUT2D eigenvalue weighted by Crippen LogP contribution is -2.44. The molecule has 0 bridgehead atoms. The van der Waals surface area contributed by atoms with E-state index in [1.807, 2.05) is 0 Å². The van der Waals surface area contributed by atoms with Crippen molar-refractivity contribution in [1.82, 2.24) is 4.90 Å². The molecule has 1 aromatic rings. The van der Waals surface area contributed by atoms with Crippen molar-refractivity contribution in [1.29, 1.82) is 0 Å². The topological polar surface area (TPSA) is 78.9 Å². The van der Waals surface area contributed by atoms with Gasteiger partial charge in [0.2, 0.25) is 5.91 Å². The van der Waals surface area contributed by atoms with Crippen LogP contribution in [0.5, 0.6) is 0 Å². The second-order valence-corrected chi connectivity index (χ2v) is 5.01. The minimum Gasteiger partial charge on any atom is -0.409 e. The van der Waals surface area contributed by atoms with Crippen LogP contribution < -0.4 is 5.73 Å². The van der Waals surface area contributed by atoms with E-state index in [1.54, 1.807) is 17.0 Å². The first kappa shape index (κ1) is 14.3. The number of carbonyl (C=O) groups excluding carboxylic acids is 1. The average molecular weight is 279 g/mol. The highest BCUT2D eigenvalue weighted by Gasteiger charge is 2.26. The maximum atomic E-state index is 12.8. The van der Waals surface area contributed by atoms with Gasteiger partial charge in [0.1, 0.15) is 11.7 Å². The number of amidine groups is 1. The van der Waals surface area contributed by atoms with Gasteiger partial charge in [-0.15, -0.1) is 0 Å². The van der Waals surface area contributed by atoms with Crippen LogP contribution in [0.3, 0.4) is 0 Å². The molecular weight excluding hydrogens is 261 g/mol. The van der Waals surface area contributed by atoms with E-state index in [2.05, 4.69) is 5.16 Å². The number of hydrogen-bond acceptors (Lipinski definition) is 3. The van der Waals surface area contributed by atoms with Gasteiger partial charge in [-0.3, -0.25) is 4.79 Å². The Morgan fingerprint density at radius 3 is 2.80 bits per heavy atom. The van der Waals surface area contributed by atoms with Crippen LogP contribution in [0.25, 0.3) is 0 Å². The summed E-state index contributed by atoms with van der Waals surface area (Å²) in [5.74, 6) is -0.256. The van der Waals surface area contributed by atoms with Gasteiger partial charge in [0.05, 0.1) is 6.42 Å². The predicted octanol–water partition coefficient (Wildman–Crippen LogP) is 1.35. The van der Waals surface area contributed by atoms with Crippen molar-refractivity contribution in [3.63, 3.8) is 0 Å². The van der Waals surface area contributed by atoms with Crippen LogP contribution in [-0.4, -0.2) is 34.9 Å². The SMILES string of the molecule is NC(=NO)C1CCCN(C(=O)Cc2ccc(F)cc2)C1. The Balaban J connectivity index is 1.96. The van der Waals surface area contributed by atoms with E-state index < -0.39 is 0 Å². The van der Waals surface area contributed by atoms with E-state index in [-0.39, 0.29) is 29.9 Å². The quantitative estimate of drug-likeness (QED) is 0.379. The third-order valence-corrected chi connectivity index (χ3v) is 3.58. The summed E-state index contributed by atoms with van der Waals surface area (Å²) in [5.41, 5.74) is 6.38. The zero-order chi connectivity index (χ0) is 14.5. The summed E-state index contributed by atoms with van der Waals surface area (Å²) in [4.78, 5) is 13.9. The maximum absolute atomic E-state index is 12.8. The summed E-state index contributed by atoms with van der Waals surface area (Å²) >= 11 is 0. The molecule has 108 valence electrons. The van der Waals surface area contributed by atoms with Gasteiger partial charge in [0, 0.05) is 19.0 Å². The van der Waals surface area contributed by atoms with Crippen LogP contribution in [0.4, 0.5) is 4.39 Å². The number of nitrogens with two attached hydrogens (primary N) is 1. The third-order valence-electron chi connectivity index (χ3n) is 3.58. The fourth-order valence-electron chi connectivity index (χ4n) is 2.42. The Kier molecular flexibility index (Phi) is 4.55. The molecule has 0 saturated carbocycles. The van der Waals surface area contributed by atoms with Crippen LogP contribution in [0.15, 0.2) is 29.4 Å². The van der Waals surface area contributed by atoms with Crippen molar-refractivity contribution < 1.29 is 14.4 Å².